The minimum absolute atomic E-state index is 0.101. The fourth-order valence-corrected chi connectivity index (χ4v) is 2.11. The summed E-state index contributed by atoms with van der Waals surface area (Å²) >= 11 is 0. The molecule has 6 heteroatoms. The topological polar surface area (TPSA) is 104 Å². The molecule has 0 radical (unpaired) electrons. The molecule has 2 rings (SSSR count). The number of aliphatic hydroxyl groups excluding tert-OH is 1. The zero-order chi connectivity index (χ0) is 15.5. The number of anilines is 1. The number of nitrogens with two attached hydrogens (primary N) is 1. The smallest absolute Gasteiger partial charge is 0.251 e. The molecule has 0 bridgehead atoms. The summed E-state index contributed by atoms with van der Waals surface area (Å²) in [4.78, 5) is 23.8. The summed E-state index contributed by atoms with van der Waals surface area (Å²) in [5.41, 5.74) is 6.28. The number of rotatable bonds is 6. The van der Waals surface area contributed by atoms with Crippen molar-refractivity contribution in [1.82, 2.24) is 5.32 Å². The molecular weight excluding hydrogens is 270 g/mol. The van der Waals surface area contributed by atoms with Crippen molar-refractivity contribution in [1.29, 1.82) is 0 Å². The molecule has 0 spiro atoms. The lowest BCUT2D eigenvalue weighted by Crippen LogP contribution is -2.50. The van der Waals surface area contributed by atoms with Crippen molar-refractivity contribution in [3.05, 3.63) is 29.8 Å². The van der Waals surface area contributed by atoms with Gasteiger partial charge in [0.2, 0.25) is 5.91 Å². The van der Waals surface area contributed by atoms with E-state index in [9.17, 15) is 9.59 Å². The van der Waals surface area contributed by atoms with Gasteiger partial charge in [-0.3, -0.25) is 9.59 Å². The van der Waals surface area contributed by atoms with Crippen LogP contribution in [0, 0.1) is 5.92 Å². The van der Waals surface area contributed by atoms with E-state index in [1.54, 1.807) is 31.2 Å². The quantitative estimate of drug-likeness (QED) is 0.611. The van der Waals surface area contributed by atoms with Gasteiger partial charge in [0, 0.05) is 17.8 Å². The number of benzene rings is 1. The normalized spacial score (nSPS) is 16.9. The molecule has 1 aromatic carbocycles. The largest absolute Gasteiger partial charge is 0.395 e. The van der Waals surface area contributed by atoms with Crippen LogP contribution in [0.5, 0.6) is 0 Å². The van der Waals surface area contributed by atoms with Gasteiger partial charge in [-0.05, 0) is 49.9 Å². The molecule has 1 aliphatic rings. The third kappa shape index (κ3) is 3.80. The summed E-state index contributed by atoms with van der Waals surface area (Å²) in [5.74, 6) is -0.216. The van der Waals surface area contributed by atoms with Crippen LogP contribution in [0.2, 0.25) is 0 Å². The highest BCUT2D eigenvalue weighted by molar-refractivity contribution is 5.99. The molecule has 0 aromatic heterocycles. The van der Waals surface area contributed by atoms with Crippen molar-refractivity contribution in [2.45, 2.75) is 25.3 Å². The second-order valence-electron chi connectivity index (χ2n) is 5.57. The van der Waals surface area contributed by atoms with Gasteiger partial charge in [-0.2, -0.15) is 0 Å². The second-order valence-corrected chi connectivity index (χ2v) is 5.57. The molecule has 0 heterocycles. The first kappa shape index (κ1) is 15.5. The highest BCUT2D eigenvalue weighted by atomic mass is 16.3. The van der Waals surface area contributed by atoms with Gasteiger partial charge in [-0.1, -0.05) is 0 Å². The van der Waals surface area contributed by atoms with Gasteiger partial charge in [0.25, 0.3) is 5.91 Å². The van der Waals surface area contributed by atoms with Gasteiger partial charge in [0.15, 0.2) is 0 Å². The summed E-state index contributed by atoms with van der Waals surface area (Å²) < 4.78 is 0. The maximum atomic E-state index is 12.1. The fraction of sp³-hybridized carbons (Fsp3) is 0.467. The number of nitrogens with one attached hydrogen (secondary N) is 2. The first-order valence-electron chi connectivity index (χ1n) is 7.04. The monoisotopic (exact) mass is 291 g/mol. The summed E-state index contributed by atoms with van der Waals surface area (Å²) in [6, 6.07) is 6.56. The molecule has 1 fully saturated rings. The van der Waals surface area contributed by atoms with Crippen LogP contribution in [0.25, 0.3) is 0 Å². The van der Waals surface area contributed by atoms with Gasteiger partial charge in [0.05, 0.1) is 12.1 Å². The molecule has 0 aliphatic heterocycles. The predicted molar refractivity (Wildman–Crippen MR) is 79.8 cm³/mol. The molecule has 0 saturated heterocycles. The van der Waals surface area contributed by atoms with Crippen molar-refractivity contribution in [2.24, 2.45) is 11.7 Å². The number of carbonyl (C=O) groups is 2. The molecule has 1 saturated carbocycles. The molecule has 21 heavy (non-hydrogen) atoms. The zero-order valence-corrected chi connectivity index (χ0v) is 12.1. The lowest BCUT2D eigenvalue weighted by molar-refractivity contribution is -0.121. The van der Waals surface area contributed by atoms with E-state index in [0.717, 1.165) is 12.8 Å². The average Bonchev–Trinajstić information content (AvgIpc) is 3.30. The van der Waals surface area contributed by atoms with Crippen LogP contribution in [0.15, 0.2) is 24.3 Å². The van der Waals surface area contributed by atoms with Crippen molar-refractivity contribution < 1.29 is 14.7 Å². The number of amides is 2. The standard InChI is InChI=1S/C15H21N3O3/c1-15(16,11-4-5-11)14(21)18-12-6-2-10(3-7-12)13(20)17-8-9-19/h2-3,6-7,11,19H,4-5,8-9,16H2,1H3,(H,17,20)(H,18,21). The first-order valence-corrected chi connectivity index (χ1v) is 7.04. The number of hydrogen-bond acceptors (Lipinski definition) is 4. The van der Waals surface area contributed by atoms with E-state index in [2.05, 4.69) is 10.6 Å². The van der Waals surface area contributed by atoms with Gasteiger partial charge >= 0.3 is 0 Å². The van der Waals surface area contributed by atoms with E-state index in [4.69, 9.17) is 10.8 Å². The third-order valence-corrected chi connectivity index (χ3v) is 3.72. The lowest BCUT2D eigenvalue weighted by Gasteiger charge is -2.23. The maximum absolute atomic E-state index is 12.1. The predicted octanol–water partition coefficient (Wildman–Crippen LogP) is 0.475. The van der Waals surface area contributed by atoms with Crippen LogP contribution in [0.1, 0.15) is 30.1 Å². The number of aliphatic hydroxyl groups is 1. The zero-order valence-electron chi connectivity index (χ0n) is 12.1. The molecule has 2 amide bonds. The summed E-state index contributed by atoms with van der Waals surface area (Å²) in [7, 11) is 0. The third-order valence-electron chi connectivity index (χ3n) is 3.72. The Bertz CT molecular complexity index is 521. The fourth-order valence-electron chi connectivity index (χ4n) is 2.11. The number of hydrogen-bond donors (Lipinski definition) is 4. The van der Waals surface area contributed by atoms with Crippen LogP contribution < -0.4 is 16.4 Å². The van der Waals surface area contributed by atoms with E-state index in [1.807, 2.05) is 0 Å². The van der Waals surface area contributed by atoms with E-state index in [1.165, 1.54) is 0 Å². The van der Waals surface area contributed by atoms with E-state index in [-0.39, 0.29) is 30.9 Å². The Morgan fingerprint density at radius 2 is 1.95 bits per heavy atom. The highest BCUT2D eigenvalue weighted by Crippen LogP contribution is 2.38. The summed E-state index contributed by atoms with van der Waals surface area (Å²) in [6.45, 7) is 1.86. The van der Waals surface area contributed by atoms with Crippen LogP contribution in [-0.4, -0.2) is 35.6 Å². The van der Waals surface area contributed by atoms with Crippen molar-refractivity contribution >= 4 is 17.5 Å². The van der Waals surface area contributed by atoms with Gasteiger partial charge in [-0.15, -0.1) is 0 Å². The molecular formula is C15H21N3O3. The Morgan fingerprint density at radius 3 is 2.48 bits per heavy atom. The summed E-state index contributed by atoms with van der Waals surface area (Å²) in [5, 5.41) is 14.0. The van der Waals surface area contributed by atoms with Crippen LogP contribution in [0.3, 0.4) is 0 Å². The van der Waals surface area contributed by atoms with Crippen LogP contribution in [0.4, 0.5) is 5.69 Å². The van der Waals surface area contributed by atoms with Gasteiger partial charge < -0.3 is 21.5 Å². The van der Waals surface area contributed by atoms with Gasteiger partial charge in [-0.25, -0.2) is 0 Å². The van der Waals surface area contributed by atoms with Crippen molar-refractivity contribution in [2.75, 3.05) is 18.5 Å². The Hall–Kier alpha value is -1.92. The SMILES string of the molecule is CC(N)(C(=O)Nc1ccc(C(=O)NCCO)cc1)C1CC1. The van der Waals surface area contributed by atoms with E-state index < -0.39 is 5.54 Å². The maximum Gasteiger partial charge on any atom is 0.251 e. The van der Waals surface area contributed by atoms with E-state index in [0.29, 0.717) is 11.3 Å². The Balaban J connectivity index is 1.96. The molecule has 1 aromatic rings. The average molecular weight is 291 g/mol. The molecule has 1 atom stereocenters. The van der Waals surface area contributed by atoms with Crippen molar-refractivity contribution in [3.63, 3.8) is 0 Å². The first-order chi connectivity index (χ1) is 9.95. The van der Waals surface area contributed by atoms with Crippen molar-refractivity contribution in [3.8, 4) is 0 Å². The number of carbonyl (C=O) groups excluding carboxylic acids is 2. The van der Waals surface area contributed by atoms with Gasteiger partial charge in [0.1, 0.15) is 0 Å². The van der Waals surface area contributed by atoms with E-state index >= 15 is 0 Å². The minimum atomic E-state index is -0.850. The molecule has 114 valence electrons. The Labute approximate surface area is 123 Å². The van der Waals surface area contributed by atoms with Crippen LogP contribution >= 0.6 is 0 Å². The Kier molecular flexibility index (Phi) is 4.59. The minimum Gasteiger partial charge on any atom is -0.395 e. The highest BCUT2D eigenvalue weighted by Gasteiger charge is 2.44. The summed E-state index contributed by atoms with van der Waals surface area (Å²) in [6.07, 6.45) is 1.98. The molecule has 6 nitrogen and oxygen atoms in total. The molecule has 1 aliphatic carbocycles. The Morgan fingerprint density at radius 1 is 1.33 bits per heavy atom. The second kappa shape index (κ2) is 6.24. The molecule has 1 unspecified atom stereocenters. The van der Waals surface area contributed by atoms with Crippen LogP contribution in [-0.2, 0) is 4.79 Å². The molecule has 5 N–H and O–H groups in total. The lowest BCUT2D eigenvalue weighted by atomic mass is 9.96.